The molecule has 0 amide bonds. The topological polar surface area (TPSA) is 70.5 Å². The normalized spacial score (nSPS) is 18.6. The Morgan fingerprint density at radius 3 is 2.23 bits per heavy atom. The van der Waals surface area contributed by atoms with Crippen LogP contribution in [0.2, 0.25) is 0 Å². The van der Waals surface area contributed by atoms with Crippen LogP contribution in [-0.4, -0.2) is 35.9 Å². The molecular weight excluding hydrogens is 369 g/mol. The van der Waals surface area contributed by atoms with Crippen molar-refractivity contribution in [2.45, 2.75) is 29.5 Å². The van der Waals surface area contributed by atoms with Crippen molar-refractivity contribution in [2.75, 3.05) is 13.1 Å². The number of benzene rings is 1. The highest BCUT2D eigenvalue weighted by Crippen LogP contribution is 2.37. The lowest BCUT2D eigenvalue weighted by atomic mass is 9.89. The van der Waals surface area contributed by atoms with Crippen LogP contribution in [0.15, 0.2) is 53.6 Å². The highest BCUT2D eigenvalue weighted by molar-refractivity contribution is 7.89. The fourth-order valence-corrected chi connectivity index (χ4v) is 4.71. The number of halogens is 3. The Kier molecular flexibility index (Phi) is 4.80. The van der Waals surface area contributed by atoms with Crippen molar-refractivity contribution in [3.05, 3.63) is 59.9 Å². The zero-order chi connectivity index (χ0) is 19.0. The SMILES string of the molecule is O=S(=O)(c1ccccc1C(F)(F)F)N1CCC(O)(c2ccccn2)CC1. The number of piperidine rings is 1. The van der Waals surface area contributed by atoms with E-state index in [0.717, 1.165) is 22.5 Å². The minimum atomic E-state index is -4.77. The van der Waals surface area contributed by atoms with Crippen LogP contribution in [0.5, 0.6) is 0 Å². The van der Waals surface area contributed by atoms with E-state index in [4.69, 9.17) is 0 Å². The first-order chi connectivity index (χ1) is 12.1. The predicted octanol–water partition coefficient (Wildman–Crippen LogP) is 2.77. The van der Waals surface area contributed by atoms with Gasteiger partial charge in [-0.3, -0.25) is 4.98 Å². The quantitative estimate of drug-likeness (QED) is 0.881. The number of sulfonamides is 1. The summed E-state index contributed by atoms with van der Waals surface area (Å²) in [6.07, 6.45) is -3.14. The summed E-state index contributed by atoms with van der Waals surface area (Å²) >= 11 is 0. The molecule has 3 rings (SSSR count). The molecule has 1 aromatic carbocycles. The van der Waals surface area contributed by atoms with E-state index in [0.29, 0.717) is 5.69 Å². The fraction of sp³-hybridized carbons (Fsp3) is 0.353. The molecule has 1 N–H and O–H groups in total. The van der Waals surface area contributed by atoms with E-state index >= 15 is 0 Å². The Labute approximate surface area is 149 Å². The zero-order valence-electron chi connectivity index (χ0n) is 13.6. The molecule has 5 nitrogen and oxygen atoms in total. The monoisotopic (exact) mass is 386 g/mol. The fourth-order valence-electron chi connectivity index (χ4n) is 3.06. The number of aromatic nitrogens is 1. The zero-order valence-corrected chi connectivity index (χ0v) is 14.5. The summed E-state index contributed by atoms with van der Waals surface area (Å²) in [4.78, 5) is 3.33. The molecule has 1 aliphatic heterocycles. The molecule has 0 bridgehead atoms. The number of hydrogen-bond acceptors (Lipinski definition) is 4. The molecule has 1 aromatic heterocycles. The van der Waals surface area contributed by atoms with Gasteiger partial charge in [-0.25, -0.2) is 8.42 Å². The standard InChI is InChI=1S/C17H17F3N2O3S/c18-17(19,20)13-5-1-2-6-14(13)26(24,25)22-11-8-16(23,9-12-22)15-7-3-4-10-21-15/h1-7,10,23H,8-9,11-12H2. The second kappa shape index (κ2) is 6.64. The average molecular weight is 386 g/mol. The summed E-state index contributed by atoms with van der Waals surface area (Å²) in [5.41, 5.74) is -2.06. The minimum absolute atomic E-state index is 0.0530. The summed E-state index contributed by atoms with van der Waals surface area (Å²) in [6.45, 7) is -0.191. The lowest BCUT2D eigenvalue weighted by Gasteiger charge is -2.37. The van der Waals surface area contributed by atoms with Gasteiger partial charge in [0.2, 0.25) is 10.0 Å². The van der Waals surface area contributed by atoms with Gasteiger partial charge in [-0.1, -0.05) is 18.2 Å². The molecule has 1 fully saturated rings. The van der Waals surface area contributed by atoms with E-state index in [1.165, 1.54) is 12.3 Å². The number of nitrogens with zero attached hydrogens (tertiary/aromatic N) is 2. The largest absolute Gasteiger partial charge is 0.417 e. The van der Waals surface area contributed by atoms with Crippen molar-refractivity contribution in [1.82, 2.24) is 9.29 Å². The van der Waals surface area contributed by atoms with Gasteiger partial charge in [0.15, 0.2) is 0 Å². The number of rotatable bonds is 3. The van der Waals surface area contributed by atoms with Gasteiger partial charge in [0.1, 0.15) is 5.60 Å². The molecule has 0 saturated carbocycles. The third-order valence-electron chi connectivity index (χ3n) is 4.50. The van der Waals surface area contributed by atoms with Crippen LogP contribution in [0.3, 0.4) is 0 Å². The van der Waals surface area contributed by atoms with Crippen LogP contribution in [0.25, 0.3) is 0 Å². The molecule has 0 radical (unpaired) electrons. The van der Waals surface area contributed by atoms with Crippen LogP contribution in [0.4, 0.5) is 13.2 Å². The van der Waals surface area contributed by atoms with E-state index in [9.17, 15) is 26.7 Å². The molecule has 0 atom stereocenters. The first-order valence-corrected chi connectivity index (χ1v) is 9.39. The van der Waals surface area contributed by atoms with E-state index in [2.05, 4.69) is 4.98 Å². The Morgan fingerprint density at radius 1 is 1.04 bits per heavy atom. The van der Waals surface area contributed by atoms with Crippen LogP contribution in [0.1, 0.15) is 24.1 Å². The third kappa shape index (κ3) is 3.46. The van der Waals surface area contributed by atoms with Gasteiger partial charge in [-0.05, 0) is 37.1 Å². The average Bonchev–Trinajstić information content (AvgIpc) is 2.62. The maximum Gasteiger partial charge on any atom is 0.417 e. The number of hydrogen-bond donors (Lipinski definition) is 1. The van der Waals surface area contributed by atoms with Gasteiger partial charge < -0.3 is 5.11 Å². The van der Waals surface area contributed by atoms with Crippen molar-refractivity contribution in [3.8, 4) is 0 Å². The number of pyridine rings is 1. The van der Waals surface area contributed by atoms with E-state index < -0.39 is 32.3 Å². The first-order valence-electron chi connectivity index (χ1n) is 7.95. The lowest BCUT2D eigenvalue weighted by molar-refractivity contribution is -0.140. The van der Waals surface area contributed by atoms with Crippen molar-refractivity contribution < 1.29 is 26.7 Å². The van der Waals surface area contributed by atoms with Crippen LogP contribution < -0.4 is 0 Å². The summed E-state index contributed by atoms with van der Waals surface area (Å²) in [6, 6.07) is 9.17. The highest BCUT2D eigenvalue weighted by Gasteiger charge is 2.42. The van der Waals surface area contributed by atoms with Crippen molar-refractivity contribution in [3.63, 3.8) is 0 Å². The maximum atomic E-state index is 13.2. The molecule has 0 unspecified atom stereocenters. The molecule has 9 heteroatoms. The van der Waals surface area contributed by atoms with Crippen molar-refractivity contribution in [1.29, 1.82) is 0 Å². The Bertz CT molecular complexity index is 878. The highest BCUT2D eigenvalue weighted by atomic mass is 32.2. The molecule has 140 valence electrons. The minimum Gasteiger partial charge on any atom is -0.383 e. The van der Waals surface area contributed by atoms with Gasteiger partial charge in [0, 0.05) is 19.3 Å². The molecule has 0 aliphatic carbocycles. The smallest absolute Gasteiger partial charge is 0.383 e. The molecule has 1 aliphatic rings. The van der Waals surface area contributed by atoms with Crippen molar-refractivity contribution in [2.24, 2.45) is 0 Å². The number of alkyl halides is 3. The summed E-state index contributed by atoms with van der Waals surface area (Å²) < 4.78 is 65.9. The van der Waals surface area contributed by atoms with E-state index in [-0.39, 0.29) is 25.9 Å². The van der Waals surface area contributed by atoms with Gasteiger partial charge in [-0.15, -0.1) is 0 Å². The third-order valence-corrected chi connectivity index (χ3v) is 6.46. The molecule has 0 spiro atoms. The molecule has 26 heavy (non-hydrogen) atoms. The summed E-state index contributed by atoms with van der Waals surface area (Å²) in [5, 5.41) is 10.7. The number of aliphatic hydroxyl groups is 1. The Balaban J connectivity index is 1.86. The lowest BCUT2D eigenvalue weighted by Crippen LogP contribution is -2.45. The molecular formula is C17H17F3N2O3S. The van der Waals surface area contributed by atoms with Gasteiger partial charge in [-0.2, -0.15) is 17.5 Å². The van der Waals surface area contributed by atoms with Crippen LogP contribution in [0, 0.1) is 0 Å². The summed E-state index contributed by atoms with van der Waals surface area (Å²) in [5.74, 6) is 0. The van der Waals surface area contributed by atoms with Crippen molar-refractivity contribution >= 4 is 10.0 Å². The molecule has 2 aromatic rings. The van der Waals surface area contributed by atoms with Gasteiger partial charge >= 0.3 is 6.18 Å². The van der Waals surface area contributed by atoms with Crippen LogP contribution in [-0.2, 0) is 21.8 Å². The molecule has 2 heterocycles. The summed E-state index contributed by atoms with van der Waals surface area (Å²) in [7, 11) is -4.33. The van der Waals surface area contributed by atoms with Gasteiger partial charge in [0.05, 0.1) is 16.2 Å². The molecule has 1 saturated heterocycles. The predicted molar refractivity (Wildman–Crippen MR) is 87.6 cm³/mol. The second-order valence-electron chi connectivity index (χ2n) is 6.14. The van der Waals surface area contributed by atoms with Crippen LogP contribution >= 0.6 is 0 Å². The second-order valence-corrected chi connectivity index (χ2v) is 8.05. The maximum absolute atomic E-state index is 13.2. The Morgan fingerprint density at radius 2 is 1.65 bits per heavy atom. The van der Waals surface area contributed by atoms with E-state index in [1.807, 2.05) is 0 Å². The van der Waals surface area contributed by atoms with E-state index in [1.54, 1.807) is 18.2 Å². The van der Waals surface area contributed by atoms with Gasteiger partial charge in [0.25, 0.3) is 0 Å². The first kappa shape index (κ1) is 18.8. The Hall–Kier alpha value is -1.97.